The van der Waals surface area contributed by atoms with Gasteiger partial charge in [-0.25, -0.2) is 4.79 Å². The van der Waals surface area contributed by atoms with Crippen LogP contribution in [0.15, 0.2) is 0 Å². The van der Waals surface area contributed by atoms with Crippen molar-refractivity contribution < 1.29 is 24.2 Å². The number of aliphatic hydroxyl groups is 1. The number of carbonyl (C=O) groups excluding carboxylic acids is 2. The molecule has 0 saturated carbocycles. The van der Waals surface area contributed by atoms with Crippen LogP contribution in [0.4, 0.5) is 4.79 Å². The Balaban J connectivity index is 3.82. The number of hydrogen-bond donors (Lipinski definition) is 2. The maximum Gasteiger partial charge on any atom is 0.410 e. The minimum atomic E-state index is -0.961. The Morgan fingerprint density at radius 2 is 1.88 bits per heavy atom. The highest BCUT2D eigenvalue weighted by Crippen LogP contribution is 2.01. The Bertz CT molecular complexity index is 239. The third-order valence-corrected chi connectivity index (χ3v) is 1.51. The Hall–Kier alpha value is -1.30. The molecule has 0 heterocycles. The van der Waals surface area contributed by atoms with Crippen LogP contribution in [0.1, 0.15) is 20.8 Å². The average molecular weight is 232 g/mol. The van der Waals surface area contributed by atoms with Gasteiger partial charge in [0.2, 0.25) is 6.29 Å². The molecule has 16 heavy (non-hydrogen) atoms. The lowest BCUT2D eigenvalue weighted by atomic mass is 10.2. The number of ether oxygens (including phenoxy) is 2. The van der Waals surface area contributed by atoms with E-state index in [4.69, 9.17) is 9.84 Å². The van der Waals surface area contributed by atoms with Gasteiger partial charge in [0.05, 0.1) is 12.0 Å². The molecule has 1 unspecified atom stereocenters. The summed E-state index contributed by atoms with van der Waals surface area (Å²) in [6.07, 6.45) is -2.63. The summed E-state index contributed by atoms with van der Waals surface area (Å²) in [7, 11) is 0. The van der Waals surface area contributed by atoms with Crippen molar-refractivity contribution in [2.75, 3.05) is 6.54 Å². The lowest BCUT2D eigenvalue weighted by molar-refractivity contribution is -0.168. The summed E-state index contributed by atoms with van der Waals surface area (Å²) in [5.74, 6) is -0.728. The van der Waals surface area contributed by atoms with E-state index in [0.717, 1.165) is 0 Å². The molecule has 2 N–H and O–H groups in total. The smallest absolute Gasteiger partial charge is 0.410 e. The van der Waals surface area contributed by atoms with Gasteiger partial charge in [-0.1, -0.05) is 13.8 Å². The minimum absolute atomic E-state index is 0.0241. The van der Waals surface area contributed by atoms with E-state index in [0.29, 0.717) is 0 Å². The van der Waals surface area contributed by atoms with Gasteiger partial charge in [0.15, 0.2) is 0 Å². The van der Waals surface area contributed by atoms with Crippen LogP contribution in [0.5, 0.6) is 0 Å². The van der Waals surface area contributed by atoms with Crippen LogP contribution in [0.2, 0.25) is 0 Å². The molecule has 93 valence electrons. The summed E-state index contributed by atoms with van der Waals surface area (Å²) in [6, 6.07) is 0. The fourth-order valence-corrected chi connectivity index (χ4v) is 0.717. The monoisotopic (exact) mass is 232 g/mol. The molecule has 0 aromatic heterocycles. The highest BCUT2D eigenvalue weighted by atomic mass is 16.7. The van der Waals surface area contributed by atoms with E-state index >= 15 is 0 Å². The molecule has 6 nitrogen and oxygen atoms in total. The number of hydrogen-bond acceptors (Lipinski definition) is 5. The first-order valence-corrected chi connectivity index (χ1v) is 4.99. The molecule has 1 amide bonds. The fourth-order valence-electron chi connectivity index (χ4n) is 0.717. The average Bonchev–Trinajstić information content (AvgIpc) is 2.14. The van der Waals surface area contributed by atoms with Gasteiger partial charge in [-0.15, -0.1) is 0 Å². The van der Waals surface area contributed by atoms with Crippen molar-refractivity contribution in [2.45, 2.75) is 33.2 Å². The molecule has 0 aliphatic rings. The summed E-state index contributed by atoms with van der Waals surface area (Å²) >= 11 is 0. The van der Waals surface area contributed by atoms with E-state index < -0.39 is 24.5 Å². The van der Waals surface area contributed by atoms with Crippen LogP contribution in [0.3, 0.4) is 0 Å². The molecule has 0 aromatic rings. The van der Waals surface area contributed by atoms with E-state index in [1.165, 1.54) is 6.92 Å². The van der Waals surface area contributed by atoms with Crippen molar-refractivity contribution in [3.8, 4) is 0 Å². The number of aliphatic hydroxyl groups excluding tert-OH is 1. The largest absolute Gasteiger partial charge is 0.425 e. The molecule has 0 aromatic carbocycles. The van der Waals surface area contributed by atoms with Crippen molar-refractivity contribution in [3.63, 3.8) is 0 Å². The second-order valence-corrected chi connectivity index (χ2v) is 3.60. The van der Waals surface area contributed by atoms with Gasteiger partial charge >= 0.3 is 12.1 Å². The van der Waals surface area contributed by atoms with E-state index in [9.17, 15) is 9.59 Å². The van der Waals surface area contributed by atoms with Crippen LogP contribution in [-0.4, -0.2) is 36.1 Å². The summed E-state index contributed by atoms with van der Waals surface area (Å²) < 4.78 is 9.48. The maximum absolute atomic E-state index is 11.1. The van der Waals surface area contributed by atoms with Crippen LogP contribution < -0.4 is 5.32 Å². The zero-order chi connectivity index (χ0) is 12.7. The minimum Gasteiger partial charge on any atom is -0.425 e. The van der Waals surface area contributed by atoms with Gasteiger partial charge in [-0.2, -0.15) is 0 Å². The summed E-state index contributed by atoms with van der Waals surface area (Å²) in [5, 5.41) is 11.0. The molecule has 0 saturated heterocycles. The molecule has 2 atom stereocenters. The first kappa shape index (κ1) is 14.7. The number of amides is 1. The highest BCUT2D eigenvalue weighted by Gasteiger charge is 2.16. The maximum atomic E-state index is 11.1. The predicted octanol–water partition coefficient (Wildman–Crippen LogP) is 0.453. The zero-order valence-corrected chi connectivity index (χ0v) is 9.73. The number of nitrogens with one attached hydrogen (secondary N) is 1. The van der Waals surface area contributed by atoms with Gasteiger partial charge < -0.3 is 19.9 Å². The third-order valence-electron chi connectivity index (χ3n) is 1.51. The Kier molecular flexibility index (Phi) is 6.48. The second-order valence-electron chi connectivity index (χ2n) is 3.60. The predicted molar refractivity (Wildman–Crippen MR) is 56.2 cm³/mol. The van der Waals surface area contributed by atoms with Crippen molar-refractivity contribution >= 4 is 12.1 Å². The van der Waals surface area contributed by atoms with E-state index in [-0.39, 0.29) is 12.5 Å². The summed E-state index contributed by atoms with van der Waals surface area (Å²) in [4.78, 5) is 22.2. The SMILES string of the molecule is [CH2][C@@H](O)CNC(=O)OC(C)OC(=O)C(C)C. The zero-order valence-electron chi connectivity index (χ0n) is 9.73. The molecule has 0 aliphatic heterocycles. The fraction of sp³-hybridized carbons (Fsp3) is 0.700. The van der Waals surface area contributed by atoms with Crippen molar-refractivity contribution in [2.24, 2.45) is 5.92 Å². The molecule has 0 aliphatic carbocycles. The van der Waals surface area contributed by atoms with Gasteiger partial charge in [-0.05, 0) is 6.92 Å². The quantitative estimate of drug-likeness (QED) is 0.531. The molecule has 0 spiro atoms. The number of alkyl carbamates (subject to hydrolysis) is 1. The summed E-state index contributed by atoms with van der Waals surface area (Å²) in [6.45, 7) is 8.02. The van der Waals surface area contributed by atoms with E-state index in [1.807, 2.05) is 0 Å². The molecular weight excluding hydrogens is 214 g/mol. The van der Waals surface area contributed by atoms with Crippen molar-refractivity contribution in [3.05, 3.63) is 6.92 Å². The molecule has 0 bridgehead atoms. The number of esters is 1. The number of carbonyl (C=O) groups is 2. The third kappa shape index (κ3) is 7.05. The molecule has 0 rings (SSSR count). The second kappa shape index (κ2) is 7.05. The molecule has 1 radical (unpaired) electrons. The number of rotatable bonds is 5. The summed E-state index contributed by atoms with van der Waals surface area (Å²) in [5.41, 5.74) is 0. The Labute approximate surface area is 94.9 Å². The first-order valence-electron chi connectivity index (χ1n) is 4.99. The van der Waals surface area contributed by atoms with E-state index in [2.05, 4.69) is 17.0 Å². The van der Waals surface area contributed by atoms with Crippen LogP contribution in [-0.2, 0) is 14.3 Å². The van der Waals surface area contributed by atoms with Crippen LogP contribution >= 0.6 is 0 Å². The lowest BCUT2D eigenvalue weighted by Crippen LogP contribution is -2.34. The lowest BCUT2D eigenvalue weighted by Gasteiger charge is -2.16. The van der Waals surface area contributed by atoms with Crippen LogP contribution in [0.25, 0.3) is 0 Å². The standard InChI is InChI=1S/C10H18NO5/c1-6(2)9(13)15-8(4)16-10(14)11-5-7(3)12/h6-8,12H,3,5H2,1-2,4H3,(H,11,14)/t7-,8?/m1/s1. The Morgan fingerprint density at radius 3 is 2.31 bits per heavy atom. The van der Waals surface area contributed by atoms with Gasteiger partial charge in [0.25, 0.3) is 0 Å². The van der Waals surface area contributed by atoms with E-state index in [1.54, 1.807) is 13.8 Å². The molecular formula is C10H18NO5. The van der Waals surface area contributed by atoms with Crippen LogP contribution in [0, 0.1) is 12.8 Å². The van der Waals surface area contributed by atoms with Crippen molar-refractivity contribution in [1.29, 1.82) is 0 Å². The van der Waals surface area contributed by atoms with Gasteiger partial charge in [0, 0.05) is 13.5 Å². The molecule has 0 fully saturated rings. The van der Waals surface area contributed by atoms with Crippen molar-refractivity contribution in [1.82, 2.24) is 5.32 Å². The van der Waals surface area contributed by atoms with Gasteiger partial charge in [-0.3, -0.25) is 4.79 Å². The topological polar surface area (TPSA) is 84.9 Å². The first-order chi connectivity index (χ1) is 7.32. The normalized spacial score (nSPS) is 14.1. The Morgan fingerprint density at radius 1 is 1.31 bits per heavy atom. The highest BCUT2D eigenvalue weighted by molar-refractivity contribution is 5.72. The molecule has 6 heteroatoms. The van der Waals surface area contributed by atoms with Gasteiger partial charge in [0.1, 0.15) is 0 Å².